The molecule has 1 aliphatic rings. The topological polar surface area (TPSA) is 32.5 Å². The summed E-state index contributed by atoms with van der Waals surface area (Å²) in [7, 11) is 4.48. The number of rotatable bonds is 6. The van der Waals surface area contributed by atoms with Gasteiger partial charge in [0.25, 0.3) is 0 Å². The molecule has 0 aromatic heterocycles. The van der Waals surface area contributed by atoms with E-state index in [1.807, 2.05) is 0 Å². The van der Waals surface area contributed by atoms with Crippen LogP contribution in [0.1, 0.15) is 26.2 Å². The van der Waals surface area contributed by atoms with Crippen LogP contribution in [0, 0.1) is 5.92 Å². The Morgan fingerprint density at radius 3 is 2.80 bits per heavy atom. The zero-order chi connectivity index (χ0) is 11.3. The second-order valence-electron chi connectivity index (χ2n) is 5.18. The van der Waals surface area contributed by atoms with Crippen LogP contribution in [0.15, 0.2) is 0 Å². The van der Waals surface area contributed by atoms with Crippen molar-refractivity contribution < 1.29 is 0 Å². The molecule has 0 aromatic carbocycles. The molecule has 0 spiro atoms. The van der Waals surface area contributed by atoms with Crippen molar-refractivity contribution in [3.05, 3.63) is 0 Å². The molecule has 3 heteroatoms. The van der Waals surface area contributed by atoms with E-state index in [0.717, 1.165) is 24.9 Å². The Labute approximate surface area is 94.6 Å². The standard InChI is InChI=1S/C12H27N3/c1-11(6-7-13)9-14(2)10-12-5-4-8-15(12)3/h11-12H,4-10,13H2,1-3H3. The molecule has 2 N–H and O–H groups in total. The Kier molecular flexibility index (Phi) is 5.58. The molecule has 0 radical (unpaired) electrons. The third-order valence-corrected chi connectivity index (χ3v) is 3.48. The molecule has 1 rings (SSSR count). The Balaban J connectivity index is 2.19. The van der Waals surface area contributed by atoms with Crippen LogP contribution in [0.4, 0.5) is 0 Å². The highest BCUT2D eigenvalue weighted by molar-refractivity contribution is 4.79. The van der Waals surface area contributed by atoms with Gasteiger partial charge >= 0.3 is 0 Å². The van der Waals surface area contributed by atoms with Gasteiger partial charge in [0, 0.05) is 19.1 Å². The molecule has 3 nitrogen and oxygen atoms in total. The Bertz CT molecular complexity index is 172. The van der Waals surface area contributed by atoms with Gasteiger partial charge in [-0.3, -0.25) is 0 Å². The number of nitrogens with zero attached hydrogens (tertiary/aromatic N) is 2. The lowest BCUT2D eigenvalue weighted by Gasteiger charge is -2.27. The normalized spacial score (nSPS) is 25.0. The zero-order valence-electron chi connectivity index (χ0n) is 10.6. The first kappa shape index (κ1) is 12.9. The van der Waals surface area contributed by atoms with Crippen LogP contribution >= 0.6 is 0 Å². The smallest absolute Gasteiger partial charge is 0.0220 e. The average molecular weight is 213 g/mol. The summed E-state index contributed by atoms with van der Waals surface area (Å²) in [6.07, 6.45) is 3.88. The van der Waals surface area contributed by atoms with E-state index in [2.05, 4.69) is 30.8 Å². The molecule has 2 unspecified atom stereocenters. The number of nitrogens with two attached hydrogens (primary N) is 1. The van der Waals surface area contributed by atoms with E-state index >= 15 is 0 Å². The predicted molar refractivity (Wildman–Crippen MR) is 66.0 cm³/mol. The Morgan fingerprint density at radius 1 is 1.53 bits per heavy atom. The highest BCUT2D eigenvalue weighted by Crippen LogP contribution is 2.16. The molecular formula is C12H27N3. The maximum absolute atomic E-state index is 5.56. The van der Waals surface area contributed by atoms with Crippen LogP contribution in [-0.2, 0) is 0 Å². The van der Waals surface area contributed by atoms with Crippen LogP contribution in [0.3, 0.4) is 0 Å². The summed E-state index contributed by atoms with van der Waals surface area (Å²) < 4.78 is 0. The maximum atomic E-state index is 5.56. The van der Waals surface area contributed by atoms with Crippen molar-refractivity contribution in [1.82, 2.24) is 9.80 Å². The van der Waals surface area contributed by atoms with Gasteiger partial charge in [0.15, 0.2) is 0 Å². The number of likely N-dealkylation sites (N-methyl/N-ethyl adjacent to an activating group) is 2. The van der Waals surface area contributed by atoms with Gasteiger partial charge in [0.05, 0.1) is 0 Å². The van der Waals surface area contributed by atoms with Crippen molar-refractivity contribution in [2.75, 3.05) is 40.3 Å². The maximum Gasteiger partial charge on any atom is 0.0220 e. The molecule has 0 bridgehead atoms. The van der Waals surface area contributed by atoms with E-state index < -0.39 is 0 Å². The Morgan fingerprint density at radius 2 is 2.27 bits per heavy atom. The van der Waals surface area contributed by atoms with E-state index in [1.165, 1.54) is 32.5 Å². The molecule has 15 heavy (non-hydrogen) atoms. The highest BCUT2D eigenvalue weighted by Gasteiger charge is 2.22. The van der Waals surface area contributed by atoms with Gasteiger partial charge in [-0.2, -0.15) is 0 Å². The number of hydrogen-bond acceptors (Lipinski definition) is 3. The first-order chi connectivity index (χ1) is 7.13. The third-order valence-electron chi connectivity index (χ3n) is 3.48. The lowest BCUT2D eigenvalue weighted by atomic mass is 10.1. The fourth-order valence-electron chi connectivity index (χ4n) is 2.55. The highest BCUT2D eigenvalue weighted by atomic mass is 15.2. The summed E-state index contributed by atoms with van der Waals surface area (Å²) in [5.74, 6) is 0.728. The summed E-state index contributed by atoms with van der Waals surface area (Å²) in [6, 6.07) is 0.778. The van der Waals surface area contributed by atoms with Gasteiger partial charge in [-0.1, -0.05) is 6.92 Å². The first-order valence-electron chi connectivity index (χ1n) is 6.22. The van der Waals surface area contributed by atoms with Gasteiger partial charge in [0.2, 0.25) is 0 Å². The van der Waals surface area contributed by atoms with Crippen molar-refractivity contribution in [3.63, 3.8) is 0 Å². The third kappa shape index (κ3) is 4.49. The van der Waals surface area contributed by atoms with Crippen LogP contribution in [0.2, 0.25) is 0 Å². The quantitative estimate of drug-likeness (QED) is 0.714. The Hall–Kier alpha value is -0.120. The minimum atomic E-state index is 0.728. The second-order valence-corrected chi connectivity index (χ2v) is 5.18. The summed E-state index contributed by atoms with van der Waals surface area (Å²) >= 11 is 0. The predicted octanol–water partition coefficient (Wildman–Crippen LogP) is 0.997. The van der Waals surface area contributed by atoms with Gasteiger partial charge in [-0.05, 0) is 52.4 Å². The molecular weight excluding hydrogens is 186 g/mol. The fourth-order valence-corrected chi connectivity index (χ4v) is 2.55. The fraction of sp³-hybridized carbons (Fsp3) is 1.00. The molecule has 2 atom stereocenters. The van der Waals surface area contributed by atoms with Crippen LogP contribution in [-0.4, -0.2) is 56.1 Å². The lowest BCUT2D eigenvalue weighted by Crippen LogP contribution is -2.38. The summed E-state index contributed by atoms with van der Waals surface area (Å²) in [6.45, 7) is 6.78. The van der Waals surface area contributed by atoms with E-state index in [1.54, 1.807) is 0 Å². The van der Waals surface area contributed by atoms with Crippen molar-refractivity contribution in [2.45, 2.75) is 32.2 Å². The van der Waals surface area contributed by atoms with Crippen molar-refractivity contribution >= 4 is 0 Å². The monoisotopic (exact) mass is 213 g/mol. The van der Waals surface area contributed by atoms with Crippen molar-refractivity contribution in [3.8, 4) is 0 Å². The van der Waals surface area contributed by atoms with Crippen molar-refractivity contribution in [1.29, 1.82) is 0 Å². The SMILES string of the molecule is CC(CCN)CN(C)CC1CCCN1C. The van der Waals surface area contributed by atoms with Gasteiger partial charge in [-0.25, -0.2) is 0 Å². The summed E-state index contributed by atoms with van der Waals surface area (Å²) in [4.78, 5) is 4.96. The van der Waals surface area contributed by atoms with E-state index in [4.69, 9.17) is 5.73 Å². The molecule has 1 saturated heterocycles. The largest absolute Gasteiger partial charge is 0.330 e. The summed E-state index contributed by atoms with van der Waals surface area (Å²) in [5, 5.41) is 0. The van der Waals surface area contributed by atoms with Crippen LogP contribution in [0.5, 0.6) is 0 Å². The zero-order valence-corrected chi connectivity index (χ0v) is 10.6. The van der Waals surface area contributed by atoms with E-state index in [-0.39, 0.29) is 0 Å². The minimum Gasteiger partial charge on any atom is -0.330 e. The number of hydrogen-bond donors (Lipinski definition) is 1. The van der Waals surface area contributed by atoms with Gasteiger partial charge in [0.1, 0.15) is 0 Å². The van der Waals surface area contributed by atoms with E-state index in [9.17, 15) is 0 Å². The molecule has 1 fully saturated rings. The first-order valence-corrected chi connectivity index (χ1v) is 6.22. The lowest BCUT2D eigenvalue weighted by molar-refractivity contribution is 0.201. The van der Waals surface area contributed by atoms with Crippen molar-refractivity contribution in [2.24, 2.45) is 11.7 Å². The number of likely N-dealkylation sites (tertiary alicyclic amines) is 1. The van der Waals surface area contributed by atoms with Crippen LogP contribution in [0.25, 0.3) is 0 Å². The average Bonchev–Trinajstić information content (AvgIpc) is 2.52. The summed E-state index contributed by atoms with van der Waals surface area (Å²) in [5.41, 5.74) is 5.56. The second kappa shape index (κ2) is 6.46. The molecule has 0 amide bonds. The van der Waals surface area contributed by atoms with Gasteiger partial charge in [-0.15, -0.1) is 0 Å². The molecule has 1 aliphatic heterocycles. The van der Waals surface area contributed by atoms with E-state index in [0.29, 0.717) is 0 Å². The molecule has 0 aliphatic carbocycles. The minimum absolute atomic E-state index is 0.728. The molecule has 0 aromatic rings. The molecule has 90 valence electrons. The molecule has 1 heterocycles. The molecule has 0 saturated carbocycles. The van der Waals surface area contributed by atoms with Gasteiger partial charge < -0.3 is 15.5 Å². The van der Waals surface area contributed by atoms with Crippen LogP contribution < -0.4 is 5.73 Å².